The summed E-state index contributed by atoms with van der Waals surface area (Å²) in [4.78, 5) is 3.83. The molecule has 0 radical (unpaired) electrons. The van der Waals surface area contributed by atoms with Crippen molar-refractivity contribution in [1.82, 2.24) is 9.55 Å². The van der Waals surface area contributed by atoms with Gasteiger partial charge in [0.15, 0.2) is 0 Å². The van der Waals surface area contributed by atoms with Crippen LogP contribution in [0.25, 0.3) is 0 Å². The van der Waals surface area contributed by atoms with Gasteiger partial charge in [-0.05, 0) is 19.4 Å². The van der Waals surface area contributed by atoms with Gasteiger partial charge in [0.1, 0.15) is 0 Å². The second kappa shape index (κ2) is 5.38. The highest BCUT2D eigenvalue weighted by Crippen LogP contribution is 2.20. The molecule has 0 spiro atoms. The minimum absolute atomic E-state index is 0.0269. The van der Waals surface area contributed by atoms with Crippen molar-refractivity contribution < 1.29 is 13.5 Å². The van der Waals surface area contributed by atoms with Crippen LogP contribution < -0.4 is 0 Å². The van der Waals surface area contributed by atoms with Gasteiger partial charge in [-0.2, -0.15) is 0 Å². The van der Waals surface area contributed by atoms with Crippen LogP contribution in [0.15, 0.2) is 35.7 Å². The van der Waals surface area contributed by atoms with Crippen LogP contribution >= 0.6 is 0 Å². The Bertz CT molecular complexity index is 700. The Morgan fingerprint density at radius 3 is 2.40 bits per heavy atom. The molecule has 6 heteroatoms. The van der Waals surface area contributed by atoms with E-state index in [1.807, 2.05) is 32.0 Å². The number of aliphatic hydroxyl groups is 1. The largest absolute Gasteiger partial charge is 0.387 e. The van der Waals surface area contributed by atoms with Crippen molar-refractivity contribution >= 4 is 9.84 Å². The summed E-state index contributed by atoms with van der Waals surface area (Å²) in [5, 5.41) is 10.3. The number of hydrogen-bond donors (Lipinski definition) is 1. The van der Waals surface area contributed by atoms with Gasteiger partial charge in [0.05, 0.1) is 12.6 Å². The third-order valence-corrected chi connectivity index (χ3v) is 4.01. The van der Waals surface area contributed by atoms with Crippen LogP contribution in [-0.4, -0.2) is 29.3 Å². The Labute approximate surface area is 118 Å². The molecule has 0 aliphatic rings. The van der Waals surface area contributed by atoms with Gasteiger partial charge >= 0.3 is 0 Å². The molecule has 108 valence electrons. The summed E-state index contributed by atoms with van der Waals surface area (Å²) >= 11 is 0. The van der Waals surface area contributed by atoms with Crippen molar-refractivity contribution in [2.45, 2.75) is 31.7 Å². The molecule has 1 atom stereocenters. The number of nitrogens with zero attached hydrogens (tertiary/aromatic N) is 2. The van der Waals surface area contributed by atoms with Crippen molar-refractivity contribution in [3.05, 3.63) is 47.3 Å². The zero-order valence-electron chi connectivity index (χ0n) is 11.7. The molecular formula is C14H18N2O3S. The van der Waals surface area contributed by atoms with E-state index >= 15 is 0 Å². The third kappa shape index (κ3) is 3.26. The standard InChI is InChI=1S/C14H18N2O3S/c1-10-6-11(2)8-12(7-10)13(17)9-16-5-4-15-14(16)20(3,18)19/h4-8,13,17H,9H2,1-3H3/t13-/m1/s1. The molecule has 0 unspecified atom stereocenters. The van der Waals surface area contributed by atoms with Gasteiger partial charge in [-0.1, -0.05) is 29.3 Å². The average molecular weight is 294 g/mol. The summed E-state index contributed by atoms with van der Waals surface area (Å²) in [7, 11) is -3.39. The fourth-order valence-electron chi connectivity index (χ4n) is 2.26. The van der Waals surface area contributed by atoms with E-state index < -0.39 is 15.9 Å². The monoisotopic (exact) mass is 294 g/mol. The molecule has 2 aromatic rings. The molecule has 0 aliphatic heterocycles. The summed E-state index contributed by atoms with van der Waals surface area (Å²) in [5.41, 5.74) is 2.90. The molecule has 20 heavy (non-hydrogen) atoms. The van der Waals surface area contributed by atoms with Crippen molar-refractivity contribution in [2.75, 3.05) is 6.26 Å². The first-order valence-corrected chi connectivity index (χ1v) is 8.14. The van der Waals surface area contributed by atoms with Crippen LogP contribution in [0.2, 0.25) is 0 Å². The van der Waals surface area contributed by atoms with Crippen LogP contribution in [-0.2, 0) is 16.4 Å². The molecule has 5 nitrogen and oxygen atoms in total. The maximum atomic E-state index is 11.6. The average Bonchev–Trinajstić information content (AvgIpc) is 2.75. The first kappa shape index (κ1) is 14.7. The third-order valence-electron chi connectivity index (χ3n) is 3.01. The van der Waals surface area contributed by atoms with Gasteiger partial charge in [0.2, 0.25) is 15.0 Å². The van der Waals surface area contributed by atoms with Gasteiger partial charge in [0, 0.05) is 18.6 Å². The first-order valence-electron chi connectivity index (χ1n) is 6.25. The Morgan fingerprint density at radius 2 is 1.85 bits per heavy atom. The molecule has 0 aliphatic carbocycles. The maximum absolute atomic E-state index is 11.6. The summed E-state index contributed by atoms with van der Waals surface area (Å²) in [6.45, 7) is 4.08. The predicted molar refractivity (Wildman–Crippen MR) is 76.2 cm³/mol. The summed E-state index contributed by atoms with van der Waals surface area (Å²) in [6, 6.07) is 5.82. The number of imidazole rings is 1. The number of aliphatic hydroxyl groups excluding tert-OH is 1. The minimum atomic E-state index is -3.39. The number of hydrogen-bond acceptors (Lipinski definition) is 4. The molecule has 1 aromatic carbocycles. The van der Waals surface area contributed by atoms with E-state index in [1.165, 1.54) is 10.8 Å². The summed E-state index contributed by atoms with van der Waals surface area (Å²) < 4.78 is 24.6. The molecule has 1 N–H and O–H groups in total. The molecule has 0 saturated carbocycles. The van der Waals surface area contributed by atoms with Crippen molar-refractivity contribution in [3.63, 3.8) is 0 Å². The van der Waals surface area contributed by atoms with E-state index in [0.717, 1.165) is 22.9 Å². The van der Waals surface area contributed by atoms with E-state index in [9.17, 15) is 13.5 Å². The molecular weight excluding hydrogens is 276 g/mol. The van der Waals surface area contributed by atoms with Crippen molar-refractivity contribution in [1.29, 1.82) is 0 Å². The minimum Gasteiger partial charge on any atom is -0.387 e. The van der Waals surface area contributed by atoms with Crippen LogP contribution in [0.1, 0.15) is 22.8 Å². The lowest BCUT2D eigenvalue weighted by atomic mass is 10.0. The van der Waals surface area contributed by atoms with Gasteiger partial charge in [-0.25, -0.2) is 13.4 Å². The fraction of sp³-hybridized carbons (Fsp3) is 0.357. The van der Waals surface area contributed by atoms with Gasteiger partial charge in [0.25, 0.3) is 0 Å². The van der Waals surface area contributed by atoms with Crippen molar-refractivity contribution in [2.24, 2.45) is 0 Å². The number of benzene rings is 1. The molecule has 0 saturated heterocycles. The second-order valence-corrected chi connectivity index (χ2v) is 6.98. The quantitative estimate of drug-likeness (QED) is 0.930. The maximum Gasteiger partial charge on any atom is 0.227 e. The SMILES string of the molecule is Cc1cc(C)cc([C@H](O)Cn2ccnc2S(C)(=O)=O)c1. The Balaban J connectivity index is 2.28. The van der Waals surface area contributed by atoms with Gasteiger partial charge < -0.3 is 9.67 Å². The molecule has 1 aromatic heterocycles. The van der Waals surface area contributed by atoms with Gasteiger partial charge in [-0.3, -0.25) is 0 Å². The van der Waals surface area contributed by atoms with Crippen LogP contribution in [0.5, 0.6) is 0 Å². The highest BCUT2D eigenvalue weighted by molar-refractivity contribution is 7.90. The highest BCUT2D eigenvalue weighted by Gasteiger charge is 2.17. The first-order chi connectivity index (χ1) is 9.27. The lowest BCUT2D eigenvalue weighted by Gasteiger charge is -2.14. The van der Waals surface area contributed by atoms with Crippen LogP contribution in [0, 0.1) is 13.8 Å². The highest BCUT2D eigenvalue weighted by atomic mass is 32.2. The molecule has 1 heterocycles. The predicted octanol–water partition coefficient (Wildman–Crippen LogP) is 1.64. The molecule has 0 amide bonds. The lowest BCUT2D eigenvalue weighted by molar-refractivity contribution is 0.153. The normalized spacial score (nSPS) is 13.4. The number of sulfone groups is 1. The second-order valence-electron chi connectivity index (χ2n) is 5.07. The van der Waals surface area contributed by atoms with Crippen molar-refractivity contribution in [3.8, 4) is 0 Å². The Kier molecular flexibility index (Phi) is 3.96. The lowest BCUT2D eigenvalue weighted by Crippen LogP contribution is -2.14. The smallest absolute Gasteiger partial charge is 0.227 e. The molecule has 0 fully saturated rings. The number of aromatic nitrogens is 2. The zero-order chi connectivity index (χ0) is 14.9. The fourth-order valence-corrected chi connectivity index (χ4v) is 3.07. The molecule has 0 bridgehead atoms. The zero-order valence-corrected chi connectivity index (χ0v) is 12.6. The Morgan fingerprint density at radius 1 is 1.25 bits per heavy atom. The van der Waals surface area contributed by atoms with E-state index in [4.69, 9.17) is 0 Å². The van der Waals surface area contributed by atoms with E-state index in [1.54, 1.807) is 6.20 Å². The van der Waals surface area contributed by atoms with Crippen LogP contribution in [0.4, 0.5) is 0 Å². The van der Waals surface area contributed by atoms with Gasteiger partial charge in [-0.15, -0.1) is 0 Å². The van der Waals surface area contributed by atoms with E-state index in [0.29, 0.717) is 0 Å². The Hall–Kier alpha value is -1.66. The molecule has 2 rings (SSSR count). The summed E-state index contributed by atoms with van der Waals surface area (Å²) in [5.74, 6) is 0. The number of rotatable bonds is 4. The summed E-state index contributed by atoms with van der Waals surface area (Å²) in [6.07, 6.45) is 3.31. The van der Waals surface area contributed by atoms with Crippen LogP contribution in [0.3, 0.4) is 0 Å². The number of aryl methyl sites for hydroxylation is 2. The van der Waals surface area contributed by atoms with E-state index in [-0.39, 0.29) is 11.7 Å². The topological polar surface area (TPSA) is 72.2 Å². The van der Waals surface area contributed by atoms with E-state index in [2.05, 4.69) is 4.98 Å².